The number of nitrogens with zero attached hydrogens (tertiary/aromatic N) is 3. The SMILES string of the molecule is Cc1nn(C)cc1C=NNC(=O)C(C)Nc1ccc(Br)cc1. The third-order valence-corrected chi connectivity index (χ3v) is 3.58. The fourth-order valence-corrected chi connectivity index (χ4v) is 2.13. The summed E-state index contributed by atoms with van der Waals surface area (Å²) < 4.78 is 2.70. The fraction of sp³-hybridized carbons (Fsp3) is 0.267. The number of amides is 1. The Morgan fingerprint density at radius 1 is 1.41 bits per heavy atom. The van der Waals surface area contributed by atoms with Crippen LogP contribution < -0.4 is 10.7 Å². The minimum Gasteiger partial charge on any atom is -0.374 e. The van der Waals surface area contributed by atoms with E-state index >= 15 is 0 Å². The van der Waals surface area contributed by atoms with Crippen molar-refractivity contribution in [2.24, 2.45) is 12.1 Å². The van der Waals surface area contributed by atoms with Gasteiger partial charge in [-0.15, -0.1) is 0 Å². The maximum absolute atomic E-state index is 12.0. The Kier molecular flexibility index (Phi) is 5.32. The second-order valence-corrected chi connectivity index (χ2v) is 5.87. The first-order valence-corrected chi connectivity index (χ1v) is 7.60. The maximum Gasteiger partial charge on any atom is 0.262 e. The van der Waals surface area contributed by atoms with Gasteiger partial charge in [0.05, 0.1) is 11.9 Å². The van der Waals surface area contributed by atoms with Gasteiger partial charge >= 0.3 is 0 Å². The minimum atomic E-state index is -0.395. The standard InChI is InChI=1S/C15H18BrN5O/c1-10-12(9-21(3)20-10)8-17-19-15(22)11(2)18-14-6-4-13(16)5-7-14/h4-9,11,18H,1-3H3,(H,19,22). The predicted octanol–water partition coefficient (Wildman–Crippen LogP) is 2.44. The number of hydrazone groups is 1. The summed E-state index contributed by atoms with van der Waals surface area (Å²) >= 11 is 3.37. The molecule has 0 spiro atoms. The van der Waals surface area contributed by atoms with Crippen LogP contribution in [-0.4, -0.2) is 27.9 Å². The molecule has 6 nitrogen and oxygen atoms in total. The van der Waals surface area contributed by atoms with Crippen LogP contribution in [0, 0.1) is 6.92 Å². The summed E-state index contributed by atoms with van der Waals surface area (Å²) in [5.74, 6) is -0.208. The second kappa shape index (κ2) is 7.22. The van der Waals surface area contributed by atoms with E-state index in [1.54, 1.807) is 17.8 Å². The quantitative estimate of drug-likeness (QED) is 0.632. The molecule has 116 valence electrons. The molecule has 0 saturated heterocycles. The average molecular weight is 364 g/mol. The monoisotopic (exact) mass is 363 g/mol. The molecule has 0 fully saturated rings. The summed E-state index contributed by atoms with van der Waals surface area (Å²) in [4.78, 5) is 12.0. The van der Waals surface area contributed by atoms with Crippen LogP contribution in [0.25, 0.3) is 0 Å². The highest BCUT2D eigenvalue weighted by molar-refractivity contribution is 9.10. The van der Waals surface area contributed by atoms with E-state index in [2.05, 4.69) is 36.9 Å². The first kappa shape index (κ1) is 16.2. The van der Waals surface area contributed by atoms with Crippen molar-refractivity contribution in [2.45, 2.75) is 19.9 Å². The number of hydrogen-bond donors (Lipinski definition) is 2. The zero-order chi connectivity index (χ0) is 16.1. The minimum absolute atomic E-state index is 0.208. The van der Waals surface area contributed by atoms with E-state index in [-0.39, 0.29) is 5.91 Å². The molecule has 0 saturated carbocycles. The Morgan fingerprint density at radius 3 is 2.68 bits per heavy atom. The van der Waals surface area contributed by atoms with Gasteiger partial charge in [-0.25, -0.2) is 5.43 Å². The molecule has 1 amide bonds. The highest BCUT2D eigenvalue weighted by atomic mass is 79.9. The number of carbonyl (C=O) groups is 1. The Morgan fingerprint density at radius 2 is 2.09 bits per heavy atom. The van der Waals surface area contributed by atoms with Crippen molar-refractivity contribution >= 4 is 33.7 Å². The molecule has 0 bridgehead atoms. The number of aryl methyl sites for hydroxylation is 2. The molecule has 1 aromatic heterocycles. The Balaban J connectivity index is 1.88. The summed E-state index contributed by atoms with van der Waals surface area (Å²) in [6.07, 6.45) is 3.43. The van der Waals surface area contributed by atoms with E-state index in [0.717, 1.165) is 21.4 Å². The summed E-state index contributed by atoms with van der Waals surface area (Å²) in [7, 11) is 1.84. The van der Waals surface area contributed by atoms with Crippen LogP contribution in [0.15, 0.2) is 40.0 Å². The van der Waals surface area contributed by atoms with E-state index in [1.807, 2.05) is 44.4 Å². The number of aromatic nitrogens is 2. The Bertz CT molecular complexity index is 678. The Hall–Kier alpha value is -2.15. The van der Waals surface area contributed by atoms with Gasteiger partial charge in [-0.2, -0.15) is 10.2 Å². The number of hydrogen-bond acceptors (Lipinski definition) is 4. The third kappa shape index (κ3) is 4.42. The van der Waals surface area contributed by atoms with Crippen molar-refractivity contribution < 1.29 is 4.79 Å². The van der Waals surface area contributed by atoms with Crippen molar-refractivity contribution in [1.29, 1.82) is 0 Å². The lowest BCUT2D eigenvalue weighted by Crippen LogP contribution is -2.34. The molecule has 2 rings (SSSR count). The van der Waals surface area contributed by atoms with Crippen LogP contribution in [0.3, 0.4) is 0 Å². The van der Waals surface area contributed by atoms with Crippen molar-refractivity contribution in [3.8, 4) is 0 Å². The number of rotatable bonds is 5. The average Bonchev–Trinajstić information content (AvgIpc) is 2.79. The predicted molar refractivity (Wildman–Crippen MR) is 90.9 cm³/mol. The zero-order valence-corrected chi connectivity index (χ0v) is 14.3. The smallest absolute Gasteiger partial charge is 0.262 e. The topological polar surface area (TPSA) is 71.3 Å². The number of carbonyl (C=O) groups excluding carboxylic acids is 1. The molecule has 1 atom stereocenters. The lowest BCUT2D eigenvalue weighted by atomic mass is 10.2. The van der Waals surface area contributed by atoms with Gasteiger partial charge in [-0.1, -0.05) is 15.9 Å². The van der Waals surface area contributed by atoms with E-state index in [9.17, 15) is 4.79 Å². The zero-order valence-electron chi connectivity index (χ0n) is 12.7. The van der Waals surface area contributed by atoms with Crippen molar-refractivity contribution in [3.63, 3.8) is 0 Å². The highest BCUT2D eigenvalue weighted by Gasteiger charge is 2.11. The molecule has 1 aromatic carbocycles. The van der Waals surface area contributed by atoms with Gasteiger partial charge in [0.2, 0.25) is 0 Å². The largest absolute Gasteiger partial charge is 0.374 e. The first-order chi connectivity index (χ1) is 10.5. The second-order valence-electron chi connectivity index (χ2n) is 4.95. The van der Waals surface area contributed by atoms with Gasteiger partial charge in [-0.3, -0.25) is 9.48 Å². The number of halogens is 1. The van der Waals surface area contributed by atoms with Gasteiger partial charge in [0.25, 0.3) is 5.91 Å². The Labute approximate surface area is 137 Å². The summed E-state index contributed by atoms with van der Waals surface area (Å²) in [5, 5.41) is 11.3. The van der Waals surface area contributed by atoms with Crippen LogP contribution in [0.2, 0.25) is 0 Å². The van der Waals surface area contributed by atoms with Gasteiger partial charge < -0.3 is 5.32 Å². The normalized spacial score (nSPS) is 12.4. The third-order valence-electron chi connectivity index (χ3n) is 3.05. The van der Waals surface area contributed by atoms with Crippen LogP contribution in [0.5, 0.6) is 0 Å². The van der Waals surface area contributed by atoms with Gasteiger partial charge in [0.1, 0.15) is 6.04 Å². The maximum atomic E-state index is 12.0. The van der Waals surface area contributed by atoms with E-state index in [4.69, 9.17) is 0 Å². The van der Waals surface area contributed by atoms with E-state index in [0.29, 0.717) is 0 Å². The van der Waals surface area contributed by atoms with Crippen LogP contribution >= 0.6 is 15.9 Å². The van der Waals surface area contributed by atoms with Crippen molar-refractivity contribution in [2.75, 3.05) is 5.32 Å². The van der Waals surface area contributed by atoms with Gasteiger partial charge in [0, 0.05) is 29.0 Å². The molecule has 0 aliphatic heterocycles. The van der Waals surface area contributed by atoms with Crippen LogP contribution in [0.1, 0.15) is 18.2 Å². The summed E-state index contributed by atoms with van der Waals surface area (Å²) in [5.41, 5.74) is 5.13. The molecule has 22 heavy (non-hydrogen) atoms. The van der Waals surface area contributed by atoms with Crippen LogP contribution in [0.4, 0.5) is 5.69 Å². The number of nitrogens with one attached hydrogen (secondary N) is 2. The van der Waals surface area contributed by atoms with Gasteiger partial charge in [-0.05, 0) is 38.1 Å². The van der Waals surface area contributed by atoms with E-state index < -0.39 is 6.04 Å². The van der Waals surface area contributed by atoms with Crippen LogP contribution in [-0.2, 0) is 11.8 Å². The molecule has 0 aliphatic rings. The number of anilines is 1. The molecular weight excluding hydrogens is 346 g/mol. The summed E-state index contributed by atoms with van der Waals surface area (Å²) in [6.45, 7) is 3.67. The summed E-state index contributed by atoms with van der Waals surface area (Å²) in [6, 6.07) is 7.23. The number of benzene rings is 1. The molecule has 2 N–H and O–H groups in total. The fourth-order valence-electron chi connectivity index (χ4n) is 1.87. The van der Waals surface area contributed by atoms with Crippen molar-refractivity contribution in [3.05, 3.63) is 46.2 Å². The first-order valence-electron chi connectivity index (χ1n) is 6.81. The highest BCUT2D eigenvalue weighted by Crippen LogP contribution is 2.14. The van der Waals surface area contributed by atoms with E-state index in [1.165, 1.54) is 0 Å². The molecule has 1 heterocycles. The molecular formula is C15H18BrN5O. The molecule has 7 heteroatoms. The van der Waals surface area contributed by atoms with Crippen molar-refractivity contribution in [1.82, 2.24) is 15.2 Å². The van der Waals surface area contributed by atoms with Gasteiger partial charge in [0.15, 0.2) is 0 Å². The lowest BCUT2D eigenvalue weighted by molar-refractivity contribution is -0.121. The molecule has 0 radical (unpaired) electrons. The molecule has 0 aliphatic carbocycles. The molecule has 2 aromatic rings. The molecule has 1 unspecified atom stereocenters. The lowest BCUT2D eigenvalue weighted by Gasteiger charge is -2.13.